The van der Waals surface area contributed by atoms with Gasteiger partial charge in [0.2, 0.25) is 0 Å². The number of nitrogens with one attached hydrogen (secondary N) is 1. The van der Waals surface area contributed by atoms with Crippen LogP contribution < -0.4 is 4.72 Å². The molecule has 1 heterocycles. The molecule has 1 aromatic heterocycles. The molecule has 0 aliphatic carbocycles. The predicted molar refractivity (Wildman–Crippen MR) is 114 cm³/mol. The lowest BCUT2D eigenvalue weighted by Gasteiger charge is -2.24. The van der Waals surface area contributed by atoms with Crippen LogP contribution in [0.1, 0.15) is 28.2 Å². The van der Waals surface area contributed by atoms with Crippen molar-refractivity contribution in [3.8, 4) is 0 Å². The van der Waals surface area contributed by atoms with Gasteiger partial charge in [0.1, 0.15) is 0 Å². The molecule has 0 spiro atoms. The van der Waals surface area contributed by atoms with E-state index in [0.29, 0.717) is 16.3 Å². The van der Waals surface area contributed by atoms with Gasteiger partial charge in [0.15, 0.2) is 0 Å². The molecule has 8 heteroatoms. The number of amides is 1. The molecule has 1 amide bonds. The average Bonchev–Trinajstić information content (AvgIpc) is 3.21. The predicted octanol–water partition coefficient (Wildman–Crippen LogP) is 5.04. The van der Waals surface area contributed by atoms with Gasteiger partial charge in [-0.05, 0) is 54.8 Å². The van der Waals surface area contributed by atoms with Gasteiger partial charge in [-0.1, -0.05) is 29.8 Å². The Hall–Kier alpha value is -2.35. The Morgan fingerprint density at radius 3 is 2.54 bits per heavy atom. The van der Waals surface area contributed by atoms with Crippen LogP contribution in [0.5, 0.6) is 0 Å². The van der Waals surface area contributed by atoms with Crippen LogP contribution in [0.2, 0.25) is 5.02 Å². The van der Waals surface area contributed by atoms with Gasteiger partial charge in [0.05, 0.1) is 16.6 Å². The van der Waals surface area contributed by atoms with Gasteiger partial charge in [-0.2, -0.15) is 0 Å². The van der Waals surface area contributed by atoms with Crippen LogP contribution in [-0.4, -0.2) is 26.3 Å². The van der Waals surface area contributed by atoms with E-state index >= 15 is 0 Å². The van der Waals surface area contributed by atoms with E-state index in [1.807, 2.05) is 24.4 Å². The number of carbonyl (C=O) groups is 1. The lowest BCUT2D eigenvalue weighted by Crippen LogP contribution is -2.29. The van der Waals surface area contributed by atoms with Gasteiger partial charge in [0, 0.05) is 22.5 Å². The zero-order chi connectivity index (χ0) is 20.3. The summed E-state index contributed by atoms with van der Waals surface area (Å²) >= 11 is 7.48. The Balaban J connectivity index is 1.84. The maximum absolute atomic E-state index is 12.9. The Bertz CT molecular complexity index is 1080. The van der Waals surface area contributed by atoms with Crippen molar-refractivity contribution in [2.75, 3.05) is 11.8 Å². The number of nitrogens with zero attached hydrogens (tertiary/aromatic N) is 1. The number of rotatable bonds is 6. The fraction of sp³-hybridized carbons (Fsp3) is 0.150. The second-order valence-corrected chi connectivity index (χ2v) is 9.35. The zero-order valence-electron chi connectivity index (χ0n) is 15.3. The van der Waals surface area contributed by atoms with Crippen LogP contribution in [0.4, 0.5) is 5.69 Å². The monoisotopic (exact) mass is 434 g/mol. The summed E-state index contributed by atoms with van der Waals surface area (Å²) in [4.78, 5) is 15.5. The summed E-state index contributed by atoms with van der Waals surface area (Å²) in [5.41, 5.74) is 0.660. The van der Waals surface area contributed by atoms with E-state index in [1.54, 1.807) is 53.6 Å². The first-order chi connectivity index (χ1) is 13.3. The van der Waals surface area contributed by atoms with Crippen LogP contribution >= 0.6 is 22.9 Å². The summed E-state index contributed by atoms with van der Waals surface area (Å²) < 4.78 is 27.9. The fourth-order valence-corrected chi connectivity index (χ4v) is 4.77. The number of benzene rings is 2. The topological polar surface area (TPSA) is 66.5 Å². The maximum Gasteiger partial charge on any atom is 0.261 e. The minimum atomic E-state index is -3.85. The summed E-state index contributed by atoms with van der Waals surface area (Å²) in [7, 11) is -2.15. The molecule has 3 aromatic rings. The zero-order valence-corrected chi connectivity index (χ0v) is 17.7. The van der Waals surface area contributed by atoms with Crippen molar-refractivity contribution in [2.24, 2.45) is 0 Å². The van der Waals surface area contributed by atoms with E-state index in [0.717, 1.165) is 4.88 Å². The number of anilines is 1. The lowest BCUT2D eigenvalue weighted by molar-refractivity contribution is 0.0744. The molecule has 0 fully saturated rings. The Kier molecular flexibility index (Phi) is 6.07. The second kappa shape index (κ2) is 8.34. The molecule has 5 nitrogen and oxygen atoms in total. The molecule has 28 heavy (non-hydrogen) atoms. The van der Waals surface area contributed by atoms with Gasteiger partial charge in [0.25, 0.3) is 15.9 Å². The largest absolute Gasteiger partial charge is 0.334 e. The number of thiophene rings is 1. The number of hydrogen-bond donors (Lipinski definition) is 1. The first-order valence-corrected chi connectivity index (χ1v) is 11.2. The summed E-state index contributed by atoms with van der Waals surface area (Å²) in [6.07, 6.45) is 0. The normalized spacial score (nSPS) is 12.4. The van der Waals surface area contributed by atoms with Gasteiger partial charge in [-0.15, -0.1) is 11.3 Å². The van der Waals surface area contributed by atoms with E-state index in [-0.39, 0.29) is 16.8 Å². The van der Waals surface area contributed by atoms with Gasteiger partial charge in [-0.3, -0.25) is 9.52 Å². The van der Waals surface area contributed by atoms with Crippen LogP contribution in [0.15, 0.2) is 70.9 Å². The quantitative estimate of drug-likeness (QED) is 0.591. The van der Waals surface area contributed by atoms with Crippen molar-refractivity contribution in [3.05, 3.63) is 81.5 Å². The van der Waals surface area contributed by atoms with E-state index in [9.17, 15) is 13.2 Å². The number of sulfonamides is 1. The standard InChI is InChI=1S/C20H19ClN2O3S2/c1-14(19-10-5-11-27-19)23(2)20(24)15-6-3-9-18(12-15)28(25,26)22-17-8-4-7-16(21)13-17/h3-14,22H,1-2H3. The SMILES string of the molecule is CC(c1cccs1)N(C)C(=O)c1cccc(S(=O)(=O)Nc2cccc(Cl)c2)c1. The molecule has 0 aliphatic heterocycles. The molecule has 1 N–H and O–H groups in total. The van der Waals surface area contributed by atoms with Crippen LogP contribution in [0.25, 0.3) is 0 Å². The Morgan fingerprint density at radius 2 is 1.86 bits per heavy atom. The summed E-state index contributed by atoms with van der Waals surface area (Å²) in [5.74, 6) is -0.249. The second-order valence-electron chi connectivity index (χ2n) is 6.25. The van der Waals surface area contributed by atoms with Crippen molar-refractivity contribution in [3.63, 3.8) is 0 Å². The highest BCUT2D eigenvalue weighted by molar-refractivity contribution is 7.92. The number of carbonyl (C=O) groups excluding carboxylic acids is 1. The molecule has 146 valence electrons. The summed E-state index contributed by atoms with van der Waals surface area (Å²) in [5, 5.41) is 2.38. The van der Waals surface area contributed by atoms with Crippen LogP contribution in [0.3, 0.4) is 0 Å². The molecule has 1 atom stereocenters. The van der Waals surface area contributed by atoms with Gasteiger partial charge < -0.3 is 4.90 Å². The highest BCUT2D eigenvalue weighted by atomic mass is 35.5. The summed E-state index contributed by atoms with van der Waals surface area (Å²) in [6, 6.07) is 16.2. The highest BCUT2D eigenvalue weighted by Gasteiger charge is 2.22. The molecule has 3 rings (SSSR count). The van der Waals surface area contributed by atoms with Crippen molar-refractivity contribution < 1.29 is 13.2 Å². The smallest absolute Gasteiger partial charge is 0.261 e. The fourth-order valence-electron chi connectivity index (χ4n) is 2.66. The maximum atomic E-state index is 12.9. The van der Waals surface area contributed by atoms with Crippen molar-refractivity contribution >= 4 is 44.6 Å². The molecular weight excluding hydrogens is 416 g/mol. The molecule has 2 aromatic carbocycles. The third kappa shape index (κ3) is 4.55. The Morgan fingerprint density at radius 1 is 1.11 bits per heavy atom. The third-order valence-corrected chi connectivity index (χ3v) is 6.98. The van der Waals surface area contributed by atoms with Crippen molar-refractivity contribution in [1.29, 1.82) is 0 Å². The molecule has 0 saturated carbocycles. The third-order valence-electron chi connectivity index (χ3n) is 4.32. The van der Waals surface area contributed by atoms with E-state index in [2.05, 4.69) is 4.72 Å². The van der Waals surface area contributed by atoms with Crippen molar-refractivity contribution in [2.45, 2.75) is 17.9 Å². The molecule has 1 unspecified atom stereocenters. The molecule has 0 radical (unpaired) electrons. The molecule has 0 aliphatic rings. The highest BCUT2D eigenvalue weighted by Crippen LogP contribution is 2.26. The first kappa shape index (κ1) is 20.4. The summed E-state index contributed by atoms with van der Waals surface area (Å²) in [6.45, 7) is 1.94. The van der Waals surface area contributed by atoms with Crippen LogP contribution in [0, 0.1) is 0 Å². The molecular formula is C20H19ClN2O3S2. The number of hydrogen-bond acceptors (Lipinski definition) is 4. The van der Waals surface area contributed by atoms with E-state index < -0.39 is 10.0 Å². The Labute approximate surface area is 173 Å². The van der Waals surface area contributed by atoms with Gasteiger partial charge in [-0.25, -0.2) is 8.42 Å². The molecule has 0 saturated heterocycles. The van der Waals surface area contributed by atoms with Gasteiger partial charge >= 0.3 is 0 Å². The average molecular weight is 435 g/mol. The molecule has 0 bridgehead atoms. The first-order valence-electron chi connectivity index (χ1n) is 8.47. The van der Waals surface area contributed by atoms with Crippen LogP contribution in [-0.2, 0) is 10.0 Å². The lowest BCUT2D eigenvalue weighted by atomic mass is 10.1. The van der Waals surface area contributed by atoms with Crippen molar-refractivity contribution in [1.82, 2.24) is 4.90 Å². The van der Waals surface area contributed by atoms with E-state index in [1.165, 1.54) is 18.2 Å². The van der Waals surface area contributed by atoms with E-state index in [4.69, 9.17) is 11.6 Å². The minimum absolute atomic E-state index is 0.00972. The number of halogens is 1. The minimum Gasteiger partial charge on any atom is -0.334 e.